The molecular formula is C17H27N3S. The number of hydrogen-bond acceptors (Lipinski definition) is 3. The lowest BCUT2D eigenvalue weighted by atomic mass is 10.0. The van der Waals surface area contributed by atoms with Crippen molar-refractivity contribution in [1.82, 2.24) is 4.90 Å². The van der Waals surface area contributed by atoms with E-state index in [1.165, 1.54) is 37.9 Å². The van der Waals surface area contributed by atoms with E-state index in [9.17, 15) is 0 Å². The number of piperidine rings is 1. The largest absolute Gasteiger partial charge is 0.389 e. The lowest BCUT2D eigenvalue weighted by Gasteiger charge is -2.33. The van der Waals surface area contributed by atoms with E-state index in [1.807, 2.05) is 0 Å². The maximum absolute atomic E-state index is 5.81. The zero-order valence-corrected chi connectivity index (χ0v) is 14.0. The van der Waals surface area contributed by atoms with E-state index in [0.717, 1.165) is 30.3 Å². The van der Waals surface area contributed by atoms with Gasteiger partial charge in [-0.3, -0.25) is 0 Å². The molecule has 0 aromatic heterocycles. The maximum Gasteiger partial charge on any atom is 0.106 e. The van der Waals surface area contributed by atoms with Crippen molar-refractivity contribution in [2.75, 3.05) is 25.0 Å². The Morgan fingerprint density at radius 3 is 2.95 bits per heavy atom. The second kappa shape index (κ2) is 7.76. The third-order valence-electron chi connectivity index (χ3n) is 4.32. The van der Waals surface area contributed by atoms with E-state index < -0.39 is 0 Å². The first-order chi connectivity index (χ1) is 10.1. The lowest BCUT2D eigenvalue weighted by molar-refractivity contribution is 0.160. The van der Waals surface area contributed by atoms with E-state index in [1.54, 1.807) is 0 Å². The van der Waals surface area contributed by atoms with Gasteiger partial charge in [0.05, 0.1) is 0 Å². The Balaban J connectivity index is 1.82. The van der Waals surface area contributed by atoms with Gasteiger partial charge in [-0.05, 0) is 51.8 Å². The minimum absolute atomic E-state index is 0.464. The van der Waals surface area contributed by atoms with Crippen LogP contribution in [0.1, 0.15) is 43.7 Å². The highest BCUT2D eigenvalue weighted by Gasteiger charge is 2.17. The molecular weight excluding hydrogens is 278 g/mol. The first-order valence-electron chi connectivity index (χ1n) is 7.96. The number of nitrogens with zero attached hydrogens (tertiary/aromatic N) is 1. The molecule has 3 N–H and O–H groups in total. The Labute approximate surface area is 133 Å². The molecule has 0 saturated carbocycles. The normalized spacial score (nSPS) is 19.4. The molecule has 0 radical (unpaired) electrons. The number of thiocarbonyl (C=S) groups is 1. The zero-order valence-electron chi connectivity index (χ0n) is 13.2. The summed E-state index contributed by atoms with van der Waals surface area (Å²) in [5.74, 6) is 0. The predicted octanol–water partition coefficient (Wildman–Crippen LogP) is 3.31. The molecule has 116 valence electrons. The number of rotatable bonds is 6. The Kier molecular flexibility index (Phi) is 6.00. The monoisotopic (exact) mass is 305 g/mol. The van der Waals surface area contributed by atoms with E-state index in [0.29, 0.717) is 4.99 Å². The highest BCUT2D eigenvalue weighted by atomic mass is 32.1. The minimum atomic E-state index is 0.464. The third-order valence-corrected chi connectivity index (χ3v) is 4.54. The molecule has 1 heterocycles. The van der Waals surface area contributed by atoms with Crippen molar-refractivity contribution in [2.24, 2.45) is 5.73 Å². The molecule has 1 aromatic carbocycles. The van der Waals surface area contributed by atoms with E-state index in [-0.39, 0.29) is 0 Å². The van der Waals surface area contributed by atoms with Gasteiger partial charge in [0.2, 0.25) is 0 Å². The van der Waals surface area contributed by atoms with Crippen LogP contribution in [0.5, 0.6) is 0 Å². The van der Waals surface area contributed by atoms with Crippen molar-refractivity contribution in [2.45, 2.75) is 45.6 Å². The predicted molar refractivity (Wildman–Crippen MR) is 95.1 cm³/mol. The fourth-order valence-corrected chi connectivity index (χ4v) is 3.18. The number of nitrogens with one attached hydrogen (secondary N) is 1. The lowest BCUT2D eigenvalue weighted by Crippen LogP contribution is -2.38. The molecule has 1 aromatic rings. The minimum Gasteiger partial charge on any atom is -0.389 e. The standard InChI is InChI=1S/C17H27N3S/c1-13-7-8-16(15(12-13)17(18)21)19-9-5-11-20-10-4-3-6-14(20)2/h7-8,12,14,19H,3-6,9-11H2,1-2H3,(H2,18,21). The molecule has 1 fully saturated rings. The Hall–Kier alpha value is -1.13. The molecule has 2 rings (SSSR count). The maximum atomic E-state index is 5.81. The van der Waals surface area contributed by atoms with Gasteiger partial charge in [-0.2, -0.15) is 0 Å². The smallest absolute Gasteiger partial charge is 0.106 e. The van der Waals surface area contributed by atoms with Crippen molar-refractivity contribution in [3.63, 3.8) is 0 Å². The van der Waals surface area contributed by atoms with Crippen molar-refractivity contribution in [1.29, 1.82) is 0 Å². The summed E-state index contributed by atoms with van der Waals surface area (Å²) in [5.41, 5.74) is 9.00. The van der Waals surface area contributed by atoms with E-state index in [2.05, 4.69) is 42.3 Å². The Bertz CT molecular complexity index is 487. The van der Waals surface area contributed by atoms with Crippen molar-refractivity contribution in [3.8, 4) is 0 Å². The molecule has 4 heteroatoms. The fraction of sp³-hybridized carbons (Fsp3) is 0.588. The molecule has 1 unspecified atom stereocenters. The highest BCUT2D eigenvalue weighted by Crippen LogP contribution is 2.18. The Morgan fingerprint density at radius 1 is 1.43 bits per heavy atom. The summed E-state index contributed by atoms with van der Waals surface area (Å²) in [6.07, 6.45) is 5.23. The molecule has 0 bridgehead atoms. The quantitative estimate of drug-likeness (QED) is 0.625. The van der Waals surface area contributed by atoms with E-state index >= 15 is 0 Å². The van der Waals surface area contributed by atoms with Crippen LogP contribution >= 0.6 is 12.2 Å². The molecule has 1 atom stereocenters. The van der Waals surface area contributed by atoms with Crippen molar-refractivity contribution in [3.05, 3.63) is 29.3 Å². The van der Waals surface area contributed by atoms with Crippen molar-refractivity contribution >= 4 is 22.9 Å². The van der Waals surface area contributed by atoms with Crippen LogP contribution in [0.2, 0.25) is 0 Å². The van der Waals surface area contributed by atoms with Gasteiger partial charge in [-0.25, -0.2) is 0 Å². The number of anilines is 1. The van der Waals surface area contributed by atoms with Crippen LogP contribution in [-0.4, -0.2) is 35.6 Å². The zero-order chi connectivity index (χ0) is 15.2. The number of hydrogen-bond donors (Lipinski definition) is 2. The number of benzene rings is 1. The first-order valence-corrected chi connectivity index (χ1v) is 8.37. The fourth-order valence-electron chi connectivity index (χ4n) is 3.01. The number of nitrogens with two attached hydrogens (primary N) is 1. The van der Waals surface area contributed by atoms with Crippen LogP contribution in [0, 0.1) is 6.92 Å². The summed E-state index contributed by atoms with van der Waals surface area (Å²) in [4.78, 5) is 3.07. The van der Waals surface area contributed by atoms with Gasteiger partial charge in [0.1, 0.15) is 4.99 Å². The van der Waals surface area contributed by atoms with Crippen molar-refractivity contribution < 1.29 is 0 Å². The molecule has 0 aliphatic carbocycles. The summed E-state index contributed by atoms with van der Waals surface area (Å²) in [6, 6.07) is 6.96. The topological polar surface area (TPSA) is 41.3 Å². The van der Waals surface area contributed by atoms with Crippen LogP contribution in [0.15, 0.2) is 18.2 Å². The third kappa shape index (κ3) is 4.68. The van der Waals surface area contributed by atoms with Gasteiger partial charge >= 0.3 is 0 Å². The second-order valence-corrected chi connectivity index (χ2v) is 6.51. The summed E-state index contributed by atoms with van der Waals surface area (Å²) < 4.78 is 0. The molecule has 3 nitrogen and oxygen atoms in total. The molecule has 0 amide bonds. The van der Waals surface area contributed by atoms with Crippen LogP contribution in [-0.2, 0) is 0 Å². The average Bonchev–Trinajstić information content (AvgIpc) is 2.46. The summed E-state index contributed by atoms with van der Waals surface area (Å²) >= 11 is 5.14. The summed E-state index contributed by atoms with van der Waals surface area (Å²) in [7, 11) is 0. The summed E-state index contributed by atoms with van der Waals surface area (Å²) in [6.45, 7) is 7.79. The van der Waals surface area contributed by atoms with Gasteiger partial charge in [-0.1, -0.05) is 30.3 Å². The first kappa shape index (κ1) is 16.2. The van der Waals surface area contributed by atoms with Crippen LogP contribution in [0.4, 0.5) is 5.69 Å². The average molecular weight is 305 g/mol. The van der Waals surface area contributed by atoms with E-state index in [4.69, 9.17) is 18.0 Å². The molecule has 1 saturated heterocycles. The highest BCUT2D eigenvalue weighted by molar-refractivity contribution is 7.80. The SMILES string of the molecule is Cc1ccc(NCCCN2CCCCC2C)c(C(N)=S)c1. The number of aryl methyl sites for hydroxylation is 1. The van der Waals surface area contributed by atoms with Gasteiger partial charge < -0.3 is 16.0 Å². The van der Waals surface area contributed by atoms with Gasteiger partial charge in [0.25, 0.3) is 0 Å². The molecule has 0 spiro atoms. The van der Waals surface area contributed by atoms with Crippen LogP contribution in [0.25, 0.3) is 0 Å². The van der Waals surface area contributed by atoms with Gasteiger partial charge in [0, 0.05) is 30.4 Å². The number of likely N-dealkylation sites (tertiary alicyclic amines) is 1. The summed E-state index contributed by atoms with van der Waals surface area (Å²) in [5, 5.41) is 3.48. The van der Waals surface area contributed by atoms with Gasteiger partial charge in [0.15, 0.2) is 0 Å². The van der Waals surface area contributed by atoms with Crippen LogP contribution in [0.3, 0.4) is 0 Å². The van der Waals surface area contributed by atoms with Gasteiger partial charge in [-0.15, -0.1) is 0 Å². The Morgan fingerprint density at radius 2 is 2.24 bits per heavy atom. The molecule has 1 aliphatic heterocycles. The second-order valence-electron chi connectivity index (χ2n) is 6.07. The molecule has 1 aliphatic rings. The van der Waals surface area contributed by atoms with Crippen LogP contribution < -0.4 is 11.1 Å². The molecule has 21 heavy (non-hydrogen) atoms.